The molecule has 0 radical (unpaired) electrons. The zero-order valence-electron chi connectivity index (χ0n) is 9.01. The number of hydrogen-bond donors (Lipinski definition) is 2. The minimum absolute atomic E-state index is 0.0335. The summed E-state index contributed by atoms with van der Waals surface area (Å²) in [4.78, 5) is 11.2. The Hall–Kier alpha value is -1.71. The molecule has 0 bridgehead atoms. The SMILES string of the molecule is COc1cc(C(C(=O)O)C2CC2)ccc1O. The van der Waals surface area contributed by atoms with Crippen LogP contribution in [-0.4, -0.2) is 23.3 Å². The first-order valence-electron chi connectivity index (χ1n) is 5.23. The van der Waals surface area contributed by atoms with E-state index in [1.165, 1.54) is 13.2 Å². The highest BCUT2D eigenvalue weighted by Gasteiger charge is 2.37. The van der Waals surface area contributed by atoms with E-state index in [0.29, 0.717) is 11.3 Å². The molecule has 1 aromatic rings. The summed E-state index contributed by atoms with van der Waals surface area (Å²) < 4.78 is 4.97. The fourth-order valence-electron chi connectivity index (χ4n) is 1.93. The average Bonchev–Trinajstić information content (AvgIpc) is 3.04. The Morgan fingerprint density at radius 2 is 2.19 bits per heavy atom. The molecule has 1 atom stereocenters. The van der Waals surface area contributed by atoms with Crippen molar-refractivity contribution in [1.82, 2.24) is 0 Å². The number of benzene rings is 1. The summed E-state index contributed by atoms with van der Waals surface area (Å²) in [5.41, 5.74) is 0.699. The number of phenolic OH excluding ortho intramolecular Hbond substituents is 1. The molecule has 1 aliphatic carbocycles. The number of carboxylic acid groups (broad SMARTS) is 1. The first kappa shape index (κ1) is 10.8. The highest BCUT2D eigenvalue weighted by Crippen LogP contribution is 2.44. The fraction of sp³-hybridized carbons (Fsp3) is 0.417. The Morgan fingerprint density at radius 1 is 1.50 bits per heavy atom. The van der Waals surface area contributed by atoms with Gasteiger partial charge in [-0.2, -0.15) is 0 Å². The highest BCUT2D eigenvalue weighted by molar-refractivity contribution is 5.77. The first-order chi connectivity index (χ1) is 7.63. The van der Waals surface area contributed by atoms with Crippen molar-refractivity contribution in [3.63, 3.8) is 0 Å². The predicted octanol–water partition coefficient (Wildman–Crippen LogP) is 1.98. The molecule has 0 aliphatic heterocycles. The standard InChI is InChI=1S/C12H14O4/c1-16-10-6-8(4-5-9(10)13)11(12(14)15)7-2-3-7/h4-7,11,13H,2-3H2,1H3,(H,14,15). The fourth-order valence-corrected chi connectivity index (χ4v) is 1.93. The lowest BCUT2D eigenvalue weighted by Crippen LogP contribution is -2.13. The zero-order chi connectivity index (χ0) is 11.7. The molecule has 0 aromatic heterocycles. The summed E-state index contributed by atoms with van der Waals surface area (Å²) in [5.74, 6) is -0.702. The molecule has 4 heteroatoms. The summed E-state index contributed by atoms with van der Waals surface area (Å²) in [7, 11) is 1.45. The van der Waals surface area contributed by atoms with Crippen LogP contribution in [0.4, 0.5) is 0 Å². The van der Waals surface area contributed by atoms with Gasteiger partial charge in [0.15, 0.2) is 11.5 Å². The predicted molar refractivity (Wildman–Crippen MR) is 57.8 cm³/mol. The van der Waals surface area contributed by atoms with Crippen LogP contribution in [-0.2, 0) is 4.79 Å². The quantitative estimate of drug-likeness (QED) is 0.817. The smallest absolute Gasteiger partial charge is 0.311 e. The van der Waals surface area contributed by atoms with Gasteiger partial charge in [-0.05, 0) is 36.5 Å². The van der Waals surface area contributed by atoms with Crippen molar-refractivity contribution in [3.05, 3.63) is 23.8 Å². The van der Waals surface area contributed by atoms with E-state index in [1.807, 2.05) is 0 Å². The molecule has 1 aromatic carbocycles. The minimum Gasteiger partial charge on any atom is -0.504 e. The van der Waals surface area contributed by atoms with Gasteiger partial charge in [-0.3, -0.25) is 4.79 Å². The monoisotopic (exact) mass is 222 g/mol. The number of ether oxygens (including phenoxy) is 1. The van der Waals surface area contributed by atoms with Gasteiger partial charge in [0, 0.05) is 0 Å². The molecule has 1 aliphatic rings. The molecule has 1 fully saturated rings. The van der Waals surface area contributed by atoms with Gasteiger partial charge in [0.05, 0.1) is 13.0 Å². The van der Waals surface area contributed by atoms with Crippen LogP contribution in [0.5, 0.6) is 11.5 Å². The highest BCUT2D eigenvalue weighted by atomic mass is 16.5. The molecule has 2 rings (SSSR count). The normalized spacial score (nSPS) is 16.8. The minimum atomic E-state index is -0.810. The molecule has 16 heavy (non-hydrogen) atoms. The summed E-state index contributed by atoms with van der Waals surface area (Å²) >= 11 is 0. The molecule has 0 amide bonds. The second-order valence-corrected chi connectivity index (χ2v) is 4.08. The number of carboxylic acids is 1. The second-order valence-electron chi connectivity index (χ2n) is 4.08. The van der Waals surface area contributed by atoms with Gasteiger partial charge in [0.2, 0.25) is 0 Å². The van der Waals surface area contributed by atoms with Crippen LogP contribution in [0.15, 0.2) is 18.2 Å². The lowest BCUT2D eigenvalue weighted by molar-refractivity contribution is -0.139. The van der Waals surface area contributed by atoms with E-state index in [-0.39, 0.29) is 11.7 Å². The Bertz CT molecular complexity index is 409. The number of hydrogen-bond acceptors (Lipinski definition) is 3. The van der Waals surface area contributed by atoms with E-state index in [2.05, 4.69) is 0 Å². The van der Waals surface area contributed by atoms with Crippen LogP contribution in [0.1, 0.15) is 24.3 Å². The van der Waals surface area contributed by atoms with Crippen LogP contribution in [0.2, 0.25) is 0 Å². The van der Waals surface area contributed by atoms with Gasteiger partial charge in [0.25, 0.3) is 0 Å². The topological polar surface area (TPSA) is 66.8 Å². The van der Waals surface area contributed by atoms with E-state index < -0.39 is 11.9 Å². The van der Waals surface area contributed by atoms with Crippen molar-refractivity contribution in [2.24, 2.45) is 5.92 Å². The summed E-state index contributed by atoms with van der Waals surface area (Å²) in [6.07, 6.45) is 1.92. The number of methoxy groups -OCH3 is 1. The van der Waals surface area contributed by atoms with Crippen molar-refractivity contribution in [2.75, 3.05) is 7.11 Å². The van der Waals surface area contributed by atoms with Gasteiger partial charge in [-0.25, -0.2) is 0 Å². The van der Waals surface area contributed by atoms with Crippen molar-refractivity contribution in [1.29, 1.82) is 0 Å². The summed E-state index contributed by atoms with van der Waals surface area (Å²) in [5, 5.41) is 18.6. The van der Waals surface area contributed by atoms with Crippen molar-refractivity contribution in [3.8, 4) is 11.5 Å². The summed E-state index contributed by atoms with van der Waals surface area (Å²) in [6.45, 7) is 0. The first-order valence-corrected chi connectivity index (χ1v) is 5.23. The lowest BCUT2D eigenvalue weighted by Gasteiger charge is -2.13. The van der Waals surface area contributed by atoms with Crippen LogP contribution < -0.4 is 4.74 Å². The molecule has 86 valence electrons. The summed E-state index contributed by atoms with van der Waals surface area (Å²) in [6, 6.07) is 4.73. The van der Waals surface area contributed by atoms with Gasteiger partial charge in [-0.1, -0.05) is 6.07 Å². The molecule has 2 N–H and O–H groups in total. The largest absolute Gasteiger partial charge is 0.504 e. The maximum atomic E-state index is 11.2. The number of carbonyl (C=O) groups is 1. The molecule has 1 saturated carbocycles. The van der Waals surface area contributed by atoms with Crippen LogP contribution in [0.25, 0.3) is 0 Å². The number of aliphatic carboxylic acids is 1. The Labute approximate surface area is 93.5 Å². The van der Waals surface area contributed by atoms with Crippen LogP contribution in [0, 0.1) is 5.92 Å². The van der Waals surface area contributed by atoms with Gasteiger partial charge in [-0.15, -0.1) is 0 Å². The molecular weight excluding hydrogens is 208 g/mol. The van der Waals surface area contributed by atoms with Gasteiger partial charge >= 0.3 is 5.97 Å². The Kier molecular flexibility index (Phi) is 2.73. The lowest BCUT2D eigenvalue weighted by atomic mass is 9.94. The molecule has 0 saturated heterocycles. The third-order valence-corrected chi connectivity index (χ3v) is 2.92. The number of aromatic hydroxyl groups is 1. The van der Waals surface area contributed by atoms with E-state index in [9.17, 15) is 9.90 Å². The molecule has 4 nitrogen and oxygen atoms in total. The van der Waals surface area contributed by atoms with Crippen LogP contribution >= 0.6 is 0 Å². The second kappa shape index (κ2) is 4.04. The Balaban J connectivity index is 2.34. The molecule has 0 heterocycles. The third kappa shape index (κ3) is 1.96. The third-order valence-electron chi connectivity index (χ3n) is 2.92. The van der Waals surface area contributed by atoms with Crippen molar-refractivity contribution in [2.45, 2.75) is 18.8 Å². The number of phenols is 1. The molecular formula is C12H14O4. The maximum absolute atomic E-state index is 11.2. The molecule has 1 unspecified atom stereocenters. The number of rotatable bonds is 4. The van der Waals surface area contributed by atoms with Crippen molar-refractivity contribution >= 4 is 5.97 Å². The average molecular weight is 222 g/mol. The maximum Gasteiger partial charge on any atom is 0.311 e. The van der Waals surface area contributed by atoms with Crippen molar-refractivity contribution < 1.29 is 19.7 Å². The Morgan fingerprint density at radius 3 is 2.69 bits per heavy atom. The zero-order valence-corrected chi connectivity index (χ0v) is 9.01. The van der Waals surface area contributed by atoms with Gasteiger partial charge < -0.3 is 14.9 Å². The van der Waals surface area contributed by atoms with Crippen LogP contribution in [0.3, 0.4) is 0 Å². The van der Waals surface area contributed by atoms with Gasteiger partial charge in [0.1, 0.15) is 0 Å². The van der Waals surface area contributed by atoms with E-state index >= 15 is 0 Å². The van der Waals surface area contributed by atoms with E-state index in [0.717, 1.165) is 12.8 Å². The molecule has 0 spiro atoms. The van der Waals surface area contributed by atoms with E-state index in [1.54, 1.807) is 12.1 Å². The van der Waals surface area contributed by atoms with E-state index in [4.69, 9.17) is 9.84 Å².